The summed E-state index contributed by atoms with van der Waals surface area (Å²) in [6.45, 7) is 5.70. The molecule has 0 atom stereocenters. The Morgan fingerprint density at radius 2 is 1.78 bits per heavy atom. The zero-order valence-electron chi connectivity index (χ0n) is 14.7. The van der Waals surface area contributed by atoms with Crippen LogP contribution in [0, 0.1) is 6.92 Å². The standard InChI is InChI=1S/C20H18N2O3S2/c1-3-13-22-19(23)18(14-16-7-5-4-6-8-16)26-20(22)21-27(24,25)17-11-9-15(2)10-12-17/h3-12,14H,1,13H2,2H3/b18-14-,21-20?. The summed E-state index contributed by atoms with van der Waals surface area (Å²) in [6, 6.07) is 15.8. The van der Waals surface area contributed by atoms with Crippen molar-refractivity contribution in [2.45, 2.75) is 11.8 Å². The molecule has 2 aromatic carbocycles. The topological polar surface area (TPSA) is 66.8 Å². The maximum Gasteiger partial charge on any atom is 0.284 e. The van der Waals surface area contributed by atoms with E-state index in [0.717, 1.165) is 22.9 Å². The molecule has 0 spiro atoms. The van der Waals surface area contributed by atoms with E-state index in [-0.39, 0.29) is 22.5 Å². The Labute approximate surface area is 163 Å². The first kappa shape index (κ1) is 19.1. The molecule has 138 valence electrons. The second-order valence-electron chi connectivity index (χ2n) is 5.89. The number of hydrogen-bond donors (Lipinski definition) is 0. The van der Waals surface area contributed by atoms with Crippen LogP contribution in [0.1, 0.15) is 11.1 Å². The first-order valence-corrected chi connectivity index (χ1v) is 10.5. The van der Waals surface area contributed by atoms with Crippen molar-refractivity contribution in [2.75, 3.05) is 6.54 Å². The summed E-state index contributed by atoms with van der Waals surface area (Å²) in [5, 5.41) is 0.127. The molecule has 1 heterocycles. The van der Waals surface area contributed by atoms with E-state index in [0.29, 0.717) is 4.91 Å². The first-order chi connectivity index (χ1) is 12.9. The van der Waals surface area contributed by atoms with Gasteiger partial charge in [0.25, 0.3) is 15.9 Å². The maximum absolute atomic E-state index is 12.7. The molecule has 27 heavy (non-hydrogen) atoms. The molecule has 2 aromatic rings. The molecule has 0 N–H and O–H groups in total. The molecule has 0 aromatic heterocycles. The number of benzene rings is 2. The second-order valence-corrected chi connectivity index (χ2v) is 8.50. The molecule has 0 bridgehead atoms. The van der Waals surface area contributed by atoms with Crippen molar-refractivity contribution in [1.82, 2.24) is 4.90 Å². The normalized spacial score (nSPS) is 17.7. The Bertz CT molecular complexity index is 1020. The highest BCUT2D eigenvalue weighted by atomic mass is 32.2. The van der Waals surface area contributed by atoms with Gasteiger partial charge in [0.1, 0.15) is 0 Å². The van der Waals surface area contributed by atoms with Crippen LogP contribution < -0.4 is 0 Å². The van der Waals surface area contributed by atoms with Crippen LogP contribution in [0.15, 0.2) is 81.5 Å². The van der Waals surface area contributed by atoms with Gasteiger partial charge in [-0.05, 0) is 42.5 Å². The second kappa shape index (κ2) is 7.94. The molecule has 3 rings (SSSR count). The summed E-state index contributed by atoms with van der Waals surface area (Å²) in [5.41, 5.74) is 1.81. The van der Waals surface area contributed by atoms with Gasteiger partial charge in [0.05, 0.1) is 9.80 Å². The number of carbonyl (C=O) groups excluding carboxylic acids is 1. The fourth-order valence-electron chi connectivity index (χ4n) is 2.43. The van der Waals surface area contributed by atoms with Gasteiger partial charge in [-0.3, -0.25) is 9.69 Å². The Morgan fingerprint density at radius 1 is 1.11 bits per heavy atom. The van der Waals surface area contributed by atoms with Crippen molar-refractivity contribution in [3.63, 3.8) is 0 Å². The van der Waals surface area contributed by atoms with Crippen LogP contribution in [0.3, 0.4) is 0 Å². The molecule has 7 heteroatoms. The average Bonchev–Trinajstić information content (AvgIpc) is 2.91. The van der Waals surface area contributed by atoms with Crippen LogP contribution >= 0.6 is 11.8 Å². The fourth-order valence-corrected chi connectivity index (χ4v) is 4.62. The average molecular weight is 399 g/mol. The van der Waals surface area contributed by atoms with Gasteiger partial charge in [-0.15, -0.1) is 11.0 Å². The van der Waals surface area contributed by atoms with E-state index in [1.165, 1.54) is 23.1 Å². The number of amidine groups is 1. The highest BCUT2D eigenvalue weighted by Crippen LogP contribution is 2.33. The van der Waals surface area contributed by atoms with E-state index >= 15 is 0 Å². The Balaban J connectivity index is 1.99. The summed E-state index contributed by atoms with van der Waals surface area (Å²) in [5.74, 6) is -0.290. The highest BCUT2D eigenvalue weighted by molar-refractivity contribution is 8.19. The summed E-state index contributed by atoms with van der Waals surface area (Å²) < 4.78 is 29.2. The molecule has 1 amide bonds. The maximum atomic E-state index is 12.7. The Hall–Kier alpha value is -2.64. The van der Waals surface area contributed by atoms with E-state index < -0.39 is 10.0 Å². The third-order valence-corrected chi connectivity index (χ3v) is 6.22. The van der Waals surface area contributed by atoms with Crippen molar-refractivity contribution in [3.8, 4) is 0 Å². The van der Waals surface area contributed by atoms with Gasteiger partial charge in [0, 0.05) is 6.54 Å². The van der Waals surface area contributed by atoms with Crippen molar-refractivity contribution in [2.24, 2.45) is 4.40 Å². The molecule has 1 fully saturated rings. The van der Waals surface area contributed by atoms with Crippen LogP contribution in [0.2, 0.25) is 0 Å². The fraction of sp³-hybridized carbons (Fsp3) is 0.100. The Kier molecular flexibility index (Phi) is 5.62. The number of carbonyl (C=O) groups is 1. The number of thioether (sulfide) groups is 1. The molecule has 1 saturated heterocycles. The largest absolute Gasteiger partial charge is 0.284 e. The molecule has 0 saturated carbocycles. The predicted octanol–water partition coefficient (Wildman–Crippen LogP) is 3.84. The first-order valence-electron chi connectivity index (χ1n) is 8.20. The minimum absolute atomic E-state index is 0.0905. The van der Waals surface area contributed by atoms with Crippen molar-refractivity contribution < 1.29 is 13.2 Å². The zero-order chi connectivity index (χ0) is 19.4. The quantitative estimate of drug-likeness (QED) is 0.567. The van der Waals surface area contributed by atoms with Crippen molar-refractivity contribution >= 4 is 38.9 Å². The molecular formula is C20H18N2O3S2. The predicted molar refractivity (Wildman–Crippen MR) is 110 cm³/mol. The highest BCUT2D eigenvalue weighted by Gasteiger charge is 2.34. The van der Waals surface area contributed by atoms with E-state index in [9.17, 15) is 13.2 Å². The Morgan fingerprint density at radius 3 is 2.41 bits per heavy atom. The smallest absolute Gasteiger partial charge is 0.282 e. The number of sulfonamides is 1. The van der Waals surface area contributed by atoms with Gasteiger partial charge < -0.3 is 0 Å². The summed E-state index contributed by atoms with van der Waals surface area (Å²) in [4.78, 5) is 14.5. The molecular weight excluding hydrogens is 380 g/mol. The molecule has 0 radical (unpaired) electrons. The van der Waals surface area contributed by atoms with Crippen LogP contribution in [-0.4, -0.2) is 30.9 Å². The van der Waals surface area contributed by atoms with Gasteiger partial charge in [-0.2, -0.15) is 8.42 Å². The lowest BCUT2D eigenvalue weighted by molar-refractivity contribution is -0.121. The summed E-state index contributed by atoms with van der Waals surface area (Å²) in [7, 11) is -3.92. The van der Waals surface area contributed by atoms with E-state index in [1.807, 2.05) is 37.3 Å². The van der Waals surface area contributed by atoms with Gasteiger partial charge in [-0.1, -0.05) is 54.1 Å². The number of amides is 1. The van der Waals surface area contributed by atoms with E-state index in [2.05, 4.69) is 11.0 Å². The number of aryl methyl sites for hydroxylation is 1. The van der Waals surface area contributed by atoms with Crippen molar-refractivity contribution in [1.29, 1.82) is 0 Å². The zero-order valence-corrected chi connectivity index (χ0v) is 16.3. The summed E-state index contributed by atoms with van der Waals surface area (Å²) >= 11 is 1.05. The van der Waals surface area contributed by atoms with Crippen LogP contribution in [0.4, 0.5) is 0 Å². The minimum Gasteiger partial charge on any atom is -0.282 e. The molecule has 1 aliphatic heterocycles. The van der Waals surface area contributed by atoms with E-state index in [4.69, 9.17) is 0 Å². The lowest BCUT2D eigenvalue weighted by Crippen LogP contribution is -2.29. The SMILES string of the molecule is C=CCN1C(=O)/C(=C/c2ccccc2)SC1=NS(=O)(=O)c1ccc(C)cc1. The number of hydrogen-bond acceptors (Lipinski definition) is 4. The molecule has 0 aliphatic carbocycles. The van der Waals surface area contributed by atoms with Crippen molar-refractivity contribution in [3.05, 3.63) is 83.3 Å². The number of nitrogens with zero attached hydrogens (tertiary/aromatic N) is 2. The van der Waals surface area contributed by atoms with Gasteiger partial charge in [-0.25, -0.2) is 0 Å². The van der Waals surface area contributed by atoms with Gasteiger partial charge >= 0.3 is 0 Å². The lowest BCUT2D eigenvalue weighted by atomic mass is 10.2. The summed E-state index contributed by atoms with van der Waals surface area (Å²) in [6.07, 6.45) is 3.27. The number of rotatable bonds is 5. The van der Waals surface area contributed by atoms with Crippen LogP contribution in [0.25, 0.3) is 6.08 Å². The van der Waals surface area contributed by atoms with E-state index in [1.54, 1.807) is 18.2 Å². The van der Waals surface area contributed by atoms with Gasteiger partial charge in [0.15, 0.2) is 5.17 Å². The monoisotopic (exact) mass is 398 g/mol. The third-order valence-electron chi connectivity index (χ3n) is 3.81. The molecule has 5 nitrogen and oxygen atoms in total. The molecule has 1 aliphatic rings. The van der Waals surface area contributed by atoms with Crippen LogP contribution in [-0.2, 0) is 14.8 Å². The third kappa shape index (κ3) is 4.37. The van der Waals surface area contributed by atoms with Gasteiger partial charge in [0.2, 0.25) is 0 Å². The molecule has 0 unspecified atom stereocenters. The minimum atomic E-state index is -3.92. The van der Waals surface area contributed by atoms with Crippen LogP contribution in [0.5, 0.6) is 0 Å². The lowest BCUT2D eigenvalue weighted by Gasteiger charge is -2.12.